The van der Waals surface area contributed by atoms with Crippen molar-refractivity contribution >= 4 is 17.5 Å². The van der Waals surface area contributed by atoms with Crippen LogP contribution in [0.1, 0.15) is 37.9 Å². The van der Waals surface area contributed by atoms with Crippen LogP contribution in [0.2, 0.25) is 5.02 Å². The highest BCUT2D eigenvalue weighted by atomic mass is 35.5. The lowest BCUT2D eigenvalue weighted by molar-refractivity contribution is -0.127. The Balaban J connectivity index is 1.94. The monoisotopic (exact) mass is 331 g/mol. The number of ether oxygens (including phenoxy) is 1. The van der Waals surface area contributed by atoms with Crippen molar-refractivity contribution in [1.82, 2.24) is 5.32 Å². The molecule has 0 spiro atoms. The fraction of sp³-hybridized carbons (Fsp3) is 0.316. The van der Waals surface area contributed by atoms with Crippen LogP contribution in [0.5, 0.6) is 5.75 Å². The molecule has 0 aliphatic carbocycles. The van der Waals surface area contributed by atoms with Gasteiger partial charge in [0.15, 0.2) is 6.10 Å². The summed E-state index contributed by atoms with van der Waals surface area (Å²) in [5.74, 6) is 0.428. The molecule has 0 saturated heterocycles. The van der Waals surface area contributed by atoms with Gasteiger partial charge in [-0.25, -0.2) is 0 Å². The molecular weight excluding hydrogens is 310 g/mol. The molecule has 0 radical (unpaired) electrons. The van der Waals surface area contributed by atoms with E-state index in [1.54, 1.807) is 31.2 Å². The number of nitrogens with one attached hydrogen (secondary N) is 1. The van der Waals surface area contributed by atoms with E-state index in [9.17, 15) is 4.79 Å². The quantitative estimate of drug-likeness (QED) is 0.843. The lowest BCUT2D eigenvalue weighted by atomic mass is 10.0. The fourth-order valence-corrected chi connectivity index (χ4v) is 2.43. The van der Waals surface area contributed by atoms with Gasteiger partial charge in [0.1, 0.15) is 5.75 Å². The number of benzene rings is 2. The van der Waals surface area contributed by atoms with E-state index in [0.29, 0.717) is 10.8 Å². The van der Waals surface area contributed by atoms with E-state index in [4.69, 9.17) is 16.3 Å². The maximum absolute atomic E-state index is 12.3. The second-order valence-electron chi connectivity index (χ2n) is 5.54. The van der Waals surface area contributed by atoms with Gasteiger partial charge >= 0.3 is 0 Å². The van der Waals surface area contributed by atoms with Crippen LogP contribution in [0, 0.1) is 0 Å². The summed E-state index contributed by atoms with van der Waals surface area (Å²) in [6.45, 7) is 5.81. The first-order chi connectivity index (χ1) is 11.0. The predicted molar refractivity (Wildman–Crippen MR) is 93.9 cm³/mol. The van der Waals surface area contributed by atoms with Gasteiger partial charge in [-0.2, -0.15) is 0 Å². The molecule has 0 unspecified atom stereocenters. The van der Waals surface area contributed by atoms with E-state index >= 15 is 0 Å². The van der Waals surface area contributed by atoms with Crippen LogP contribution in [-0.4, -0.2) is 12.0 Å². The molecule has 0 heterocycles. The Morgan fingerprint density at radius 1 is 1.17 bits per heavy atom. The largest absolute Gasteiger partial charge is 0.481 e. The van der Waals surface area contributed by atoms with Crippen molar-refractivity contribution in [3.63, 3.8) is 0 Å². The van der Waals surface area contributed by atoms with Gasteiger partial charge in [-0.3, -0.25) is 4.79 Å². The average molecular weight is 332 g/mol. The van der Waals surface area contributed by atoms with Gasteiger partial charge in [0, 0.05) is 5.02 Å². The SMILES string of the molecule is CCc1ccc([C@H](C)NC(=O)[C@H](C)Oc2cccc(Cl)c2)cc1. The maximum Gasteiger partial charge on any atom is 0.261 e. The third-order valence-electron chi connectivity index (χ3n) is 3.72. The standard InChI is InChI=1S/C19H22ClNO2/c1-4-15-8-10-16(11-9-15)13(2)21-19(22)14(3)23-18-7-5-6-17(20)12-18/h5-14H,4H2,1-3H3,(H,21,22)/t13-,14-/m0/s1. The second kappa shape index (κ2) is 8.02. The molecule has 0 aromatic heterocycles. The molecule has 2 aromatic carbocycles. The van der Waals surface area contributed by atoms with E-state index in [1.165, 1.54) is 5.56 Å². The first-order valence-corrected chi connectivity index (χ1v) is 8.19. The summed E-state index contributed by atoms with van der Waals surface area (Å²) in [7, 11) is 0. The minimum Gasteiger partial charge on any atom is -0.481 e. The third kappa shape index (κ3) is 5.00. The molecule has 1 amide bonds. The predicted octanol–water partition coefficient (Wildman–Crippen LogP) is 4.55. The summed E-state index contributed by atoms with van der Waals surface area (Å²) < 4.78 is 5.63. The van der Waals surface area contributed by atoms with Crippen LogP contribution in [0.15, 0.2) is 48.5 Å². The molecule has 2 rings (SSSR count). The maximum atomic E-state index is 12.3. The van der Waals surface area contributed by atoms with E-state index in [-0.39, 0.29) is 11.9 Å². The van der Waals surface area contributed by atoms with Crippen LogP contribution in [0.4, 0.5) is 0 Å². The van der Waals surface area contributed by atoms with Crippen LogP contribution in [-0.2, 0) is 11.2 Å². The summed E-state index contributed by atoms with van der Waals surface area (Å²) in [6.07, 6.45) is 0.414. The highest BCUT2D eigenvalue weighted by Crippen LogP contribution is 2.19. The van der Waals surface area contributed by atoms with Crippen molar-refractivity contribution in [1.29, 1.82) is 0 Å². The van der Waals surface area contributed by atoms with E-state index < -0.39 is 6.10 Å². The Bertz CT molecular complexity index is 655. The Hall–Kier alpha value is -2.00. The summed E-state index contributed by atoms with van der Waals surface area (Å²) in [4.78, 5) is 12.3. The molecule has 0 saturated carbocycles. The minimum atomic E-state index is -0.592. The molecule has 0 fully saturated rings. The number of carbonyl (C=O) groups excluding carboxylic acids is 1. The Morgan fingerprint density at radius 2 is 1.87 bits per heavy atom. The number of hydrogen-bond acceptors (Lipinski definition) is 2. The number of halogens is 1. The van der Waals surface area contributed by atoms with Crippen LogP contribution in [0.25, 0.3) is 0 Å². The van der Waals surface area contributed by atoms with Crippen molar-refractivity contribution in [2.24, 2.45) is 0 Å². The molecule has 2 aromatic rings. The lowest BCUT2D eigenvalue weighted by Gasteiger charge is -2.19. The van der Waals surface area contributed by atoms with Gasteiger partial charge < -0.3 is 10.1 Å². The number of rotatable bonds is 6. The second-order valence-corrected chi connectivity index (χ2v) is 5.98. The molecule has 0 aliphatic heterocycles. The summed E-state index contributed by atoms with van der Waals surface area (Å²) in [6, 6.07) is 15.2. The first-order valence-electron chi connectivity index (χ1n) is 7.81. The van der Waals surface area contributed by atoms with Gasteiger partial charge in [-0.15, -0.1) is 0 Å². The normalized spacial score (nSPS) is 13.2. The zero-order chi connectivity index (χ0) is 16.8. The highest BCUT2D eigenvalue weighted by molar-refractivity contribution is 6.30. The highest BCUT2D eigenvalue weighted by Gasteiger charge is 2.17. The van der Waals surface area contributed by atoms with Gasteiger partial charge in [0.25, 0.3) is 5.91 Å². The number of aryl methyl sites for hydroxylation is 1. The van der Waals surface area contributed by atoms with Crippen molar-refractivity contribution < 1.29 is 9.53 Å². The average Bonchev–Trinajstić information content (AvgIpc) is 2.54. The summed E-state index contributed by atoms with van der Waals surface area (Å²) in [5, 5.41) is 3.55. The zero-order valence-electron chi connectivity index (χ0n) is 13.7. The topological polar surface area (TPSA) is 38.3 Å². The van der Waals surface area contributed by atoms with E-state index in [2.05, 4.69) is 24.4 Å². The molecule has 23 heavy (non-hydrogen) atoms. The lowest BCUT2D eigenvalue weighted by Crippen LogP contribution is -2.37. The molecule has 2 atom stereocenters. The van der Waals surface area contributed by atoms with Crippen LogP contribution >= 0.6 is 11.6 Å². The Morgan fingerprint density at radius 3 is 2.48 bits per heavy atom. The molecule has 0 bridgehead atoms. The Kier molecular flexibility index (Phi) is 6.05. The van der Waals surface area contributed by atoms with Crippen molar-refractivity contribution in [3.05, 3.63) is 64.7 Å². The van der Waals surface area contributed by atoms with Crippen LogP contribution < -0.4 is 10.1 Å². The molecule has 0 aliphatic rings. The van der Waals surface area contributed by atoms with Gasteiger partial charge in [-0.1, -0.05) is 48.9 Å². The molecular formula is C19H22ClNO2. The smallest absolute Gasteiger partial charge is 0.261 e. The first kappa shape index (κ1) is 17.4. The van der Waals surface area contributed by atoms with Gasteiger partial charge in [0.2, 0.25) is 0 Å². The fourth-order valence-electron chi connectivity index (χ4n) is 2.25. The van der Waals surface area contributed by atoms with Crippen LogP contribution in [0.3, 0.4) is 0 Å². The molecule has 3 nitrogen and oxygen atoms in total. The van der Waals surface area contributed by atoms with Gasteiger partial charge in [-0.05, 0) is 49.6 Å². The zero-order valence-corrected chi connectivity index (χ0v) is 14.4. The molecule has 1 N–H and O–H groups in total. The molecule has 4 heteroatoms. The summed E-state index contributed by atoms with van der Waals surface area (Å²) in [5.41, 5.74) is 2.36. The van der Waals surface area contributed by atoms with Crippen molar-refractivity contribution in [2.75, 3.05) is 0 Å². The minimum absolute atomic E-state index is 0.0705. The third-order valence-corrected chi connectivity index (χ3v) is 3.96. The molecule has 122 valence electrons. The summed E-state index contributed by atoms with van der Waals surface area (Å²) >= 11 is 5.92. The van der Waals surface area contributed by atoms with Gasteiger partial charge in [0.05, 0.1) is 6.04 Å². The number of hydrogen-bond donors (Lipinski definition) is 1. The van der Waals surface area contributed by atoms with Crippen molar-refractivity contribution in [2.45, 2.75) is 39.3 Å². The van der Waals surface area contributed by atoms with E-state index in [1.807, 2.05) is 19.1 Å². The number of amides is 1. The number of carbonyl (C=O) groups is 1. The van der Waals surface area contributed by atoms with E-state index in [0.717, 1.165) is 12.0 Å². The Labute approximate surface area is 142 Å². The van der Waals surface area contributed by atoms with Crippen molar-refractivity contribution in [3.8, 4) is 5.75 Å².